The van der Waals surface area contributed by atoms with Crippen LogP contribution in [0.3, 0.4) is 0 Å². The predicted octanol–water partition coefficient (Wildman–Crippen LogP) is 2.11. The predicted molar refractivity (Wildman–Crippen MR) is 89.2 cm³/mol. The van der Waals surface area contributed by atoms with E-state index in [1.165, 1.54) is 5.56 Å². The first-order chi connectivity index (χ1) is 10.0. The Morgan fingerprint density at radius 1 is 1.18 bits per heavy atom. The van der Waals surface area contributed by atoms with E-state index in [1.807, 2.05) is 11.0 Å². The van der Waals surface area contributed by atoms with Crippen LogP contribution in [0.4, 0.5) is 0 Å². The molecule has 1 unspecified atom stereocenters. The molecule has 0 saturated carbocycles. The maximum atomic E-state index is 12.8. The van der Waals surface area contributed by atoms with Gasteiger partial charge in [0.2, 0.25) is 5.91 Å². The molecule has 22 heavy (non-hydrogen) atoms. The van der Waals surface area contributed by atoms with Crippen molar-refractivity contribution in [2.24, 2.45) is 5.73 Å². The number of hydrogen-bond donors (Lipinski definition) is 1. The molecule has 0 radical (unpaired) electrons. The van der Waals surface area contributed by atoms with Crippen molar-refractivity contribution in [1.82, 2.24) is 4.90 Å². The highest BCUT2D eigenvalue weighted by Gasteiger charge is 2.44. The highest BCUT2D eigenvalue weighted by Crippen LogP contribution is 2.35. The van der Waals surface area contributed by atoms with Gasteiger partial charge in [0.25, 0.3) is 0 Å². The van der Waals surface area contributed by atoms with Gasteiger partial charge in [-0.15, -0.1) is 12.4 Å². The van der Waals surface area contributed by atoms with Gasteiger partial charge in [-0.2, -0.15) is 0 Å². The molecule has 1 aromatic rings. The lowest BCUT2D eigenvalue weighted by atomic mass is 9.82. The van der Waals surface area contributed by atoms with Crippen molar-refractivity contribution in [3.05, 3.63) is 35.9 Å². The van der Waals surface area contributed by atoms with E-state index in [0.717, 1.165) is 19.5 Å². The Morgan fingerprint density at radius 2 is 1.82 bits per heavy atom. The number of hydrogen-bond acceptors (Lipinski definition) is 3. The Bertz CT molecular complexity index is 517. The minimum absolute atomic E-state index is 0. The summed E-state index contributed by atoms with van der Waals surface area (Å²) in [6.45, 7) is 4.97. The molecule has 2 fully saturated rings. The van der Waals surface area contributed by atoms with E-state index in [9.17, 15) is 4.79 Å². The van der Waals surface area contributed by atoms with Gasteiger partial charge in [-0.05, 0) is 24.8 Å². The summed E-state index contributed by atoms with van der Waals surface area (Å²) in [6.07, 6.45) is 2.25. The van der Waals surface area contributed by atoms with E-state index in [-0.39, 0.29) is 23.7 Å². The van der Waals surface area contributed by atoms with Crippen molar-refractivity contribution in [3.8, 4) is 0 Å². The maximum Gasteiger partial charge on any atom is 0.242 e. The summed E-state index contributed by atoms with van der Waals surface area (Å²) in [5.41, 5.74) is 6.96. The Kier molecular flexibility index (Phi) is 5.15. The minimum Gasteiger partial charge on any atom is -0.381 e. The zero-order valence-corrected chi connectivity index (χ0v) is 13.9. The van der Waals surface area contributed by atoms with Crippen molar-refractivity contribution >= 4 is 18.3 Å². The van der Waals surface area contributed by atoms with Crippen LogP contribution in [0.15, 0.2) is 30.3 Å². The van der Waals surface area contributed by atoms with Crippen molar-refractivity contribution in [1.29, 1.82) is 0 Å². The zero-order valence-electron chi connectivity index (χ0n) is 13.1. The molecule has 2 aliphatic rings. The van der Waals surface area contributed by atoms with Crippen LogP contribution in [0.5, 0.6) is 0 Å². The average Bonchev–Trinajstić information content (AvgIpc) is 2.92. The summed E-state index contributed by atoms with van der Waals surface area (Å²) in [7, 11) is 0. The Balaban J connectivity index is 0.00000176. The molecule has 122 valence electrons. The number of halogens is 1. The average molecular weight is 325 g/mol. The lowest BCUT2D eigenvalue weighted by molar-refractivity contribution is -0.139. The van der Waals surface area contributed by atoms with Gasteiger partial charge in [0.05, 0.1) is 5.54 Å². The first kappa shape index (κ1) is 17.3. The van der Waals surface area contributed by atoms with Crippen LogP contribution in [0.2, 0.25) is 0 Å². The van der Waals surface area contributed by atoms with Gasteiger partial charge < -0.3 is 15.4 Å². The van der Waals surface area contributed by atoms with Crippen LogP contribution in [0.1, 0.15) is 31.7 Å². The molecular formula is C17H25ClN2O2. The second-order valence-corrected chi connectivity index (χ2v) is 6.67. The number of benzene rings is 1. The van der Waals surface area contributed by atoms with Crippen molar-refractivity contribution < 1.29 is 9.53 Å². The highest BCUT2D eigenvalue weighted by molar-refractivity contribution is 5.86. The maximum absolute atomic E-state index is 12.8. The van der Waals surface area contributed by atoms with E-state index in [4.69, 9.17) is 10.5 Å². The van der Waals surface area contributed by atoms with Crippen LogP contribution in [-0.2, 0) is 14.9 Å². The van der Waals surface area contributed by atoms with Crippen molar-refractivity contribution in [2.75, 3.05) is 26.3 Å². The third-order valence-corrected chi connectivity index (χ3v) is 5.04. The third kappa shape index (κ3) is 3.14. The second-order valence-electron chi connectivity index (χ2n) is 6.67. The minimum atomic E-state index is -0.722. The van der Waals surface area contributed by atoms with E-state index >= 15 is 0 Å². The van der Waals surface area contributed by atoms with Gasteiger partial charge in [0, 0.05) is 31.7 Å². The summed E-state index contributed by atoms with van der Waals surface area (Å²) >= 11 is 0. The van der Waals surface area contributed by atoms with Gasteiger partial charge >= 0.3 is 0 Å². The van der Waals surface area contributed by atoms with Crippen LogP contribution in [0.25, 0.3) is 0 Å². The highest BCUT2D eigenvalue weighted by atomic mass is 35.5. The largest absolute Gasteiger partial charge is 0.381 e. The summed E-state index contributed by atoms with van der Waals surface area (Å²) in [5.74, 6) is 0.102. The summed E-state index contributed by atoms with van der Waals surface area (Å²) in [6, 6.07) is 10.5. The standard InChI is InChI=1S/C17H24N2O2.ClH/c1-16(14-5-3-2-4-6-14)7-10-19(13-16)15(20)17(18)8-11-21-12-9-17;/h2-6H,7-13,18H2,1H3;1H. The van der Waals surface area contributed by atoms with Crippen LogP contribution >= 0.6 is 12.4 Å². The summed E-state index contributed by atoms with van der Waals surface area (Å²) in [4.78, 5) is 14.7. The fourth-order valence-electron chi connectivity index (χ4n) is 3.47. The van der Waals surface area contributed by atoms with E-state index in [1.54, 1.807) is 0 Å². The Hall–Kier alpha value is -1.10. The molecule has 0 bridgehead atoms. The van der Waals surface area contributed by atoms with E-state index in [2.05, 4.69) is 31.2 Å². The number of nitrogens with zero attached hydrogens (tertiary/aromatic N) is 1. The molecule has 1 amide bonds. The number of rotatable bonds is 2. The molecule has 4 nitrogen and oxygen atoms in total. The van der Waals surface area contributed by atoms with E-state index < -0.39 is 5.54 Å². The fraction of sp³-hybridized carbons (Fsp3) is 0.588. The topological polar surface area (TPSA) is 55.6 Å². The number of likely N-dealkylation sites (tertiary alicyclic amines) is 1. The van der Waals surface area contributed by atoms with Gasteiger partial charge in [0.1, 0.15) is 0 Å². The number of carbonyl (C=O) groups is 1. The van der Waals surface area contributed by atoms with E-state index in [0.29, 0.717) is 26.1 Å². The number of nitrogens with two attached hydrogens (primary N) is 1. The first-order valence-electron chi connectivity index (χ1n) is 7.75. The molecular weight excluding hydrogens is 300 g/mol. The number of ether oxygens (including phenoxy) is 1. The molecule has 1 atom stereocenters. The summed E-state index contributed by atoms with van der Waals surface area (Å²) < 4.78 is 5.34. The second kappa shape index (κ2) is 6.57. The van der Waals surface area contributed by atoms with Gasteiger partial charge in [0.15, 0.2) is 0 Å². The van der Waals surface area contributed by atoms with Crippen molar-refractivity contribution in [2.45, 2.75) is 37.1 Å². The lowest BCUT2D eigenvalue weighted by Gasteiger charge is -2.36. The monoisotopic (exact) mass is 324 g/mol. The van der Waals surface area contributed by atoms with Crippen LogP contribution < -0.4 is 5.73 Å². The van der Waals surface area contributed by atoms with Gasteiger partial charge in [-0.1, -0.05) is 37.3 Å². The Labute approximate surface area is 138 Å². The molecule has 2 heterocycles. The quantitative estimate of drug-likeness (QED) is 0.906. The molecule has 0 spiro atoms. The summed E-state index contributed by atoms with van der Waals surface area (Å²) in [5, 5.41) is 0. The van der Waals surface area contributed by atoms with Crippen LogP contribution in [0, 0.1) is 0 Å². The number of amides is 1. The molecule has 2 saturated heterocycles. The van der Waals surface area contributed by atoms with Crippen molar-refractivity contribution in [3.63, 3.8) is 0 Å². The Morgan fingerprint density at radius 3 is 2.45 bits per heavy atom. The molecule has 0 aromatic heterocycles. The molecule has 5 heteroatoms. The third-order valence-electron chi connectivity index (χ3n) is 5.04. The molecule has 1 aromatic carbocycles. The first-order valence-corrected chi connectivity index (χ1v) is 7.75. The SMILES string of the molecule is CC1(c2ccccc2)CCN(C(=O)C2(N)CCOCC2)C1.Cl. The lowest BCUT2D eigenvalue weighted by Crippen LogP contribution is -2.57. The smallest absolute Gasteiger partial charge is 0.242 e. The fourth-order valence-corrected chi connectivity index (χ4v) is 3.47. The van der Waals surface area contributed by atoms with Gasteiger partial charge in [-0.25, -0.2) is 0 Å². The number of carbonyl (C=O) groups excluding carboxylic acids is 1. The van der Waals surface area contributed by atoms with Gasteiger partial charge in [-0.3, -0.25) is 4.79 Å². The molecule has 0 aliphatic carbocycles. The molecule has 3 rings (SSSR count). The normalized spacial score (nSPS) is 27.3. The molecule has 2 N–H and O–H groups in total. The zero-order chi connectivity index (χ0) is 14.9. The van der Waals surface area contributed by atoms with Crippen LogP contribution in [-0.4, -0.2) is 42.6 Å². The molecule has 2 aliphatic heterocycles.